The number of ether oxygens (including phenoxy) is 1. The van der Waals surface area contributed by atoms with E-state index < -0.39 is 38.6 Å². The Morgan fingerprint density at radius 2 is 1.77 bits per heavy atom. The van der Waals surface area contributed by atoms with E-state index in [9.17, 15) is 22.4 Å². The highest BCUT2D eigenvalue weighted by molar-refractivity contribution is 7.89. The molecule has 160 valence electrons. The fourth-order valence-corrected chi connectivity index (χ4v) is 4.39. The van der Waals surface area contributed by atoms with Gasteiger partial charge in [-0.05, 0) is 37.3 Å². The van der Waals surface area contributed by atoms with Gasteiger partial charge in [0.1, 0.15) is 16.8 Å². The molecule has 0 bridgehead atoms. The minimum Gasteiger partial charge on any atom is -0.379 e. The molecule has 2 N–H and O–H groups in total. The summed E-state index contributed by atoms with van der Waals surface area (Å²) in [5.74, 6) is -1.90. The fourth-order valence-electron chi connectivity index (χ4n) is 2.89. The van der Waals surface area contributed by atoms with Crippen molar-refractivity contribution in [2.45, 2.75) is 17.9 Å². The third-order valence-corrected chi connectivity index (χ3v) is 6.48. The van der Waals surface area contributed by atoms with Crippen molar-refractivity contribution < 1.29 is 27.1 Å². The molecule has 3 rings (SSSR count). The first-order valence-electron chi connectivity index (χ1n) is 9.33. The topological polar surface area (TPSA) is 105 Å². The van der Waals surface area contributed by atoms with Crippen LogP contribution in [0.1, 0.15) is 17.3 Å². The number of halogens is 1. The maximum atomic E-state index is 14.3. The molecule has 30 heavy (non-hydrogen) atoms. The monoisotopic (exact) mass is 435 g/mol. The molecule has 1 heterocycles. The Kier molecular flexibility index (Phi) is 6.80. The quantitative estimate of drug-likeness (QED) is 0.717. The van der Waals surface area contributed by atoms with Crippen molar-refractivity contribution in [3.8, 4) is 0 Å². The van der Waals surface area contributed by atoms with Crippen LogP contribution < -0.4 is 10.6 Å². The van der Waals surface area contributed by atoms with E-state index in [-0.39, 0.29) is 32.0 Å². The van der Waals surface area contributed by atoms with Crippen molar-refractivity contribution in [1.29, 1.82) is 0 Å². The van der Waals surface area contributed by atoms with Crippen LogP contribution >= 0.6 is 0 Å². The summed E-state index contributed by atoms with van der Waals surface area (Å²) in [4.78, 5) is 24.1. The number of sulfonamides is 1. The standard InChI is InChI=1S/C20H22FN3O5S/c1-14(22-20(26)15-5-3-2-4-6-15)19(25)23-16-7-8-17(21)18(13-16)30(27,28)24-9-11-29-12-10-24/h2-8,13-14H,9-12H2,1H3,(H,22,26)(H,23,25). The number of carbonyl (C=O) groups is 2. The molecule has 8 nitrogen and oxygen atoms in total. The first-order valence-corrected chi connectivity index (χ1v) is 10.8. The maximum Gasteiger partial charge on any atom is 0.251 e. The molecule has 2 aromatic rings. The van der Waals surface area contributed by atoms with E-state index in [2.05, 4.69) is 10.6 Å². The molecule has 2 aromatic carbocycles. The molecule has 1 atom stereocenters. The van der Waals surface area contributed by atoms with Gasteiger partial charge in [0.15, 0.2) is 0 Å². The predicted octanol–water partition coefficient (Wildman–Crippen LogP) is 1.60. The van der Waals surface area contributed by atoms with E-state index in [0.717, 1.165) is 16.4 Å². The molecule has 10 heteroatoms. The minimum atomic E-state index is -4.07. The smallest absolute Gasteiger partial charge is 0.251 e. The van der Waals surface area contributed by atoms with Crippen LogP contribution in [0.25, 0.3) is 0 Å². The lowest BCUT2D eigenvalue weighted by Crippen LogP contribution is -2.42. The van der Waals surface area contributed by atoms with Gasteiger partial charge in [0.05, 0.1) is 13.2 Å². The maximum absolute atomic E-state index is 14.3. The zero-order valence-electron chi connectivity index (χ0n) is 16.3. The molecular weight excluding hydrogens is 413 g/mol. The second kappa shape index (κ2) is 9.33. The van der Waals surface area contributed by atoms with Gasteiger partial charge in [0.2, 0.25) is 15.9 Å². The Morgan fingerprint density at radius 1 is 1.10 bits per heavy atom. The van der Waals surface area contributed by atoms with Crippen molar-refractivity contribution in [3.63, 3.8) is 0 Å². The second-order valence-corrected chi connectivity index (χ2v) is 8.62. The van der Waals surface area contributed by atoms with Gasteiger partial charge in [-0.25, -0.2) is 12.8 Å². The van der Waals surface area contributed by atoms with Crippen LogP contribution in [-0.2, 0) is 19.6 Å². The molecule has 1 saturated heterocycles. The van der Waals surface area contributed by atoms with Gasteiger partial charge < -0.3 is 15.4 Å². The lowest BCUT2D eigenvalue weighted by molar-refractivity contribution is -0.117. The van der Waals surface area contributed by atoms with Gasteiger partial charge in [0.25, 0.3) is 5.91 Å². The summed E-state index contributed by atoms with van der Waals surface area (Å²) < 4.78 is 46.0. The Bertz CT molecular complexity index is 1020. The van der Waals surface area contributed by atoms with Crippen molar-refractivity contribution in [3.05, 3.63) is 59.9 Å². The van der Waals surface area contributed by atoms with Crippen molar-refractivity contribution in [1.82, 2.24) is 9.62 Å². The average molecular weight is 435 g/mol. The number of hydrogen-bond donors (Lipinski definition) is 2. The van der Waals surface area contributed by atoms with Crippen molar-refractivity contribution in [2.24, 2.45) is 0 Å². The number of nitrogens with one attached hydrogen (secondary N) is 2. The highest BCUT2D eigenvalue weighted by Crippen LogP contribution is 2.24. The SMILES string of the molecule is CC(NC(=O)c1ccccc1)C(=O)Nc1ccc(F)c(S(=O)(=O)N2CCOCC2)c1. The molecule has 1 fully saturated rings. The summed E-state index contributed by atoms with van der Waals surface area (Å²) >= 11 is 0. The number of rotatable bonds is 6. The number of benzene rings is 2. The summed E-state index contributed by atoms with van der Waals surface area (Å²) in [6.07, 6.45) is 0. The van der Waals surface area contributed by atoms with Crippen LogP contribution in [0, 0.1) is 5.82 Å². The minimum absolute atomic E-state index is 0.106. The predicted molar refractivity (Wildman–Crippen MR) is 108 cm³/mol. The molecule has 0 aliphatic carbocycles. The van der Waals surface area contributed by atoms with Gasteiger partial charge in [0, 0.05) is 24.3 Å². The number of anilines is 1. The van der Waals surface area contributed by atoms with Crippen LogP contribution in [0.4, 0.5) is 10.1 Å². The highest BCUT2D eigenvalue weighted by Gasteiger charge is 2.29. The zero-order chi connectivity index (χ0) is 21.7. The van der Waals surface area contributed by atoms with Crippen LogP contribution in [0.3, 0.4) is 0 Å². The highest BCUT2D eigenvalue weighted by atomic mass is 32.2. The number of carbonyl (C=O) groups excluding carboxylic acids is 2. The summed E-state index contributed by atoms with van der Waals surface area (Å²) in [5.41, 5.74) is 0.506. The summed E-state index contributed by atoms with van der Waals surface area (Å²) in [6, 6.07) is 10.8. The van der Waals surface area contributed by atoms with E-state index in [4.69, 9.17) is 4.74 Å². The Morgan fingerprint density at radius 3 is 2.43 bits per heavy atom. The van der Waals surface area contributed by atoms with Crippen LogP contribution in [0.5, 0.6) is 0 Å². The summed E-state index contributed by atoms with van der Waals surface area (Å²) in [6.45, 7) is 2.21. The summed E-state index contributed by atoms with van der Waals surface area (Å²) in [5, 5.41) is 5.07. The summed E-state index contributed by atoms with van der Waals surface area (Å²) in [7, 11) is -4.07. The van der Waals surface area contributed by atoms with E-state index in [1.165, 1.54) is 13.0 Å². The Hall–Kier alpha value is -2.82. The molecule has 0 spiro atoms. The van der Waals surface area contributed by atoms with Crippen LogP contribution in [0.15, 0.2) is 53.4 Å². The lowest BCUT2D eigenvalue weighted by atomic mass is 10.2. The Labute approximate surface area is 174 Å². The molecule has 2 amide bonds. The van der Waals surface area contributed by atoms with Gasteiger partial charge in [-0.15, -0.1) is 0 Å². The molecule has 1 aliphatic rings. The first kappa shape index (κ1) is 21.9. The number of morpholine rings is 1. The normalized spacial score (nSPS) is 15.9. The molecule has 0 radical (unpaired) electrons. The Balaban J connectivity index is 1.71. The molecule has 0 aromatic heterocycles. The van der Waals surface area contributed by atoms with Crippen molar-refractivity contribution >= 4 is 27.5 Å². The zero-order valence-corrected chi connectivity index (χ0v) is 17.1. The molecule has 1 unspecified atom stereocenters. The fraction of sp³-hybridized carbons (Fsp3) is 0.300. The van der Waals surface area contributed by atoms with Gasteiger partial charge in [-0.3, -0.25) is 9.59 Å². The van der Waals surface area contributed by atoms with Crippen LogP contribution in [-0.4, -0.2) is 56.9 Å². The molecular formula is C20H22FN3O5S. The number of nitrogens with zero attached hydrogens (tertiary/aromatic N) is 1. The van der Waals surface area contributed by atoms with Crippen LogP contribution in [0.2, 0.25) is 0 Å². The first-order chi connectivity index (χ1) is 14.3. The van der Waals surface area contributed by atoms with Gasteiger partial charge in [-0.1, -0.05) is 18.2 Å². The average Bonchev–Trinajstić information content (AvgIpc) is 2.76. The third-order valence-electron chi connectivity index (χ3n) is 4.56. The van der Waals surface area contributed by atoms with E-state index in [0.29, 0.717) is 5.56 Å². The lowest BCUT2D eigenvalue weighted by Gasteiger charge is -2.26. The van der Waals surface area contributed by atoms with Gasteiger partial charge >= 0.3 is 0 Å². The molecule has 1 aliphatic heterocycles. The van der Waals surface area contributed by atoms with E-state index in [1.54, 1.807) is 30.3 Å². The van der Waals surface area contributed by atoms with E-state index in [1.807, 2.05) is 0 Å². The third kappa shape index (κ3) is 5.02. The largest absolute Gasteiger partial charge is 0.379 e. The van der Waals surface area contributed by atoms with Gasteiger partial charge in [-0.2, -0.15) is 4.31 Å². The van der Waals surface area contributed by atoms with E-state index >= 15 is 0 Å². The second-order valence-electron chi connectivity index (χ2n) is 6.71. The molecule has 0 saturated carbocycles. The number of amides is 2. The van der Waals surface area contributed by atoms with Crippen molar-refractivity contribution in [2.75, 3.05) is 31.6 Å². The number of hydrogen-bond acceptors (Lipinski definition) is 5.